The summed E-state index contributed by atoms with van der Waals surface area (Å²) in [6.45, 7) is 2.57. The SMILES string of the molecule is CCOc1ccc(-n2nc3ccc(NC(=O)c4ccc(Br)cc4)cc3n2)cc1. The third-order valence-electron chi connectivity index (χ3n) is 4.12. The van der Waals surface area contributed by atoms with Crippen molar-refractivity contribution < 1.29 is 9.53 Å². The van der Waals surface area contributed by atoms with E-state index in [9.17, 15) is 4.79 Å². The number of nitrogens with one attached hydrogen (secondary N) is 1. The van der Waals surface area contributed by atoms with Crippen molar-refractivity contribution in [2.24, 2.45) is 0 Å². The first-order chi connectivity index (χ1) is 13.6. The van der Waals surface area contributed by atoms with Gasteiger partial charge < -0.3 is 10.1 Å². The lowest BCUT2D eigenvalue weighted by Gasteiger charge is -2.05. The molecule has 140 valence electrons. The molecule has 0 unspecified atom stereocenters. The number of hydrogen-bond acceptors (Lipinski definition) is 4. The van der Waals surface area contributed by atoms with Gasteiger partial charge in [0.1, 0.15) is 16.8 Å². The van der Waals surface area contributed by atoms with Gasteiger partial charge in [0.25, 0.3) is 5.91 Å². The number of ether oxygens (including phenoxy) is 1. The fourth-order valence-electron chi connectivity index (χ4n) is 2.75. The highest BCUT2D eigenvalue weighted by Gasteiger charge is 2.09. The van der Waals surface area contributed by atoms with Crippen LogP contribution in [0.15, 0.2) is 71.2 Å². The summed E-state index contributed by atoms with van der Waals surface area (Å²) in [6.07, 6.45) is 0. The van der Waals surface area contributed by atoms with E-state index in [4.69, 9.17) is 4.74 Å². The number of aromatic nitrogens is 3. The van der Waals surface area contributed by atoms with Crippen LogP contribution in [0.25, 0.3) is 16.7 Å². The van der Waals surface area contributed by atoms with Gasteiger partial charge >= 0.3 is 0 Å². The van der Waals surface area contributed by atoms with Gasteiger partial charge in [0, 0.05) is 15.7 Å². The summed E-state index contributed by atoms with van der Waals surface area (Å²) >= 11 is 3.37. The molecule has 0 atom stereocenters. The molecule has 0 aliphatic heterocycles. The van der Waals surface area contributed by atoms with Crippen molar-refractivity contribution in [3.8, 4) is 11.4 Å². The van der Waals surface area contributed by atoms with Crippen LogP contribution in [0.4, 0.5) is 5.69 Å². The van der Waals surface area contributed by atoms with Crippen molar-refractivity contribution in [3.05, 3.63) is 76.8 Å². The summed E-state index contributed by atoms with van der Waals surface area (Å²) in [6, 6.07) is 20.2. The predicted octanol–water partition coefficient (Wildman–Crippen LogP) is 4.83. The van der Waals surface area contributed by atoms with Gasteiger partial charge in [0.2, 0.25) is 0 Å². The number of rotatable bonds is 5. The number of benzene rings is 3. The number of carbonyl (C=O) groups is 1. The van der Waals surface area contributed by atoms with Gasteiger partial charge in [0.15, 0.2) is 0 Å². The Balaban J connectivity index is 1.56. The van der Waals surface area contributed by atoms with Crippen molar-refractivity contribution in [3.63, 3.8) is 0 Å². The standard InChI is InChI=1S/C21H17BrN4O2/c1-2-28-18-10-8-17(9-11-18)26-24-19-12-7-16(13-20(19)25-26)23-21(27)14-3-5-15(22)6-4-14/h3-13H,2H2,1H3,(H,23,27). The summed E-state index contributed by atoms with van der Waals surface area (Å²) in [5.74, 6) is 0.631. The maximum Gasteiger partial charge on any atom is 0.255 e. The highest BCUT2D eigenvalue weighted by molar-refractivity contribution is 9.10. The predicted molar refractivity (Wildman–Crippen MR) is 112 cm³/mol. The van der Waals surface area contributed by atoms with Crippen LogP contribution in [-0.4, -0.2) is 27.5 Å². The molecule has 0 spiro atoms. The molecule has 1 heterocycles. The van der Waals surface area contributed by atoms with E-state index in [1.807, 2.05) is 61.5 Å². The number of anilines is 1. The Morgan fingerprint density at radius 2 is 1.71 bits per heavy atom. The molecule has 4 aromatic rings. The Hall–Kier alpha value is -3.19. The molecule has 1 aromatic heterocycles. The molecule has 3 aromatic carbocycles. The summed E-state index contributed by atoms with van der Waals surface area (Å²) in [7, 11) is 0. The van der Waals surface area contributed by atoms with Gasteiger partial charge in [-0.3, -0.25) is 4.79 Å². The average Bonchev–Trinajstić information content (AvgIpc) is 3.12. The number of hydrogen-bond donors (Lipinski definition) is 1. The first-order valence-electron chi connectivity index (χ1n) is 8.79. The summed E-state index contributed by atoms with van der Waals surface area (Å²) in [5.41, 5.74) is 3.53. The van der Waals surface area contributed by atoms with E-state index in [0.717, 1.165) is 21.4 Å². The molecule has 0 fully saturated rings. The highest BCUT2D eigenvalue weighted by Crippen LogP contribution is 2.20. The zero-order valence-electron chi connectivity index (χ0n) is 15.1. The molecule has 28 heavy (non-hydrogen) atoms. The normalized spacial score (nSPS) is 10.8. The average molecular weight is 437 g/mol. The number of carbonyl (C=O) groups excluding carboxylic acids is 1. The molecule has 6 nitrogen and oxygen atoms in total. The van der Waals surface area contributed by atoms with Crippen molar-refractivity contribution in [1.29, 1.82) is 0 Å². The van der Waals surface area contributed by atoms with Crippen LogP contribution < -0.4 is 10.1 Å². The monoisotopic (exact) mass is 436 g/mol. The van der Waals surface area contributed by atoms with Gasteiger partial charge in [-0.25, -0.2) is 0 Å². The molecule has 0 aliphatic rings. The number of fused-ring (bicyclic) bond motifs is 1. The van der Waals surface area contributed by atoms with E-state index in [0.29, 0.717) is 23.4 Å². The van der Waals surface area contributed by atoms with Crippen molar-refractivity contribution in [2.45, 2.75) is 6.92 Å². The third-order valence-corrected chi connectivity index (χ3v) is 4.65. The zero-order valence-corrected chi connectivity index (χ0v) is 16.7. The van der Waals surface area contributed by atoms with E-state index in [2.05, 4.69) is 31.4 Å². The van der Waals surface area contributed by atoms with Crippen LogP contribution in [0.2, 0.25) is 0 Å². The first kappa shape index (κ1) is 18.2. The second kappa shape index (κ2) is 7.82. The fourth-order valence-corrected chi connectivity index (χ4v) is 3.02. The molecule has 4 rings (SSSR count). The van der Waals surface area contributed by atoms with Crippen LogP contribution in [-0.2, 0) is 0 Å². The van der Waals surface area contributed by atoms with Gasteiger partial charge in [-0.2, -0.15) is 4.80 Å². The molecule has 0 radical (unpaired) electrons. The van der Waals surface area contributed by atoms with Crippen molar-refractivity contribution >= 4 is 38.6 Å². The van der Waals surface area contributed by atoms with Crippen LogP contribution in [0.5, 0.6) is 5.75 Å². The third kappa shape index (κ3) is 3.89. The van der Waals surface area contributed by atoms with E-state index in [1.54, 1.807) is 16.9 Å². The number of amides is 1. The highest BCUT2D eigenvalue weighted by atomic mass is 79.9. The molecule has 0 saturated carbocycles. The molecular formula is C21H17BrN4O2. The molecule has 7 heteroatoms. The van der Waals surface area contributed by atoms with Crippen molar-refractivity contribution in [1.82, 2.24) is 15.0 Å². The second-order valence-electron chi connectivity index (χ2n) is 6.08. The lowest BCUT2D eigenvalue weighted by molar-refractivity contribution is 0.102. The Bertz CT molecular complexity index is 1120. The summed E-state index contributed by atoms with van der Waals surface area (Å²) < 4.78 is 6.39. The molecule has 1 N–H and O–H groups in total. The molecule has 0 saturated heterocycles. The zero-order chi connectivity index (χ0) is 19.5. The quantitative estimate of drug-likeness (QED) is 0.486. The number of halogens is 1. The lowest BCUT2D eigenvalue weighted by atomic mass is 10.2. The summed E-state index contributed by atoms with van der Waals surface area (Å²) in [5, 5.41) is 11.9. The largest absolute Gasteiger partial charge is 0.494 e. The first-order valence-corrected chi connectivity index (χ1v) is 9.59. The Labute approximate surface area is 170 Å². The lowest BCUT2D eigenvalue weighted by Crippen LogP contribution is -2.11. The van der Waals surface area contributed by atoms with Gasteiger partial charge in [-0.1, -0.05) is 15.9 Å². The maximum absolute atomic E-state index is 12.4. The molecule has 1 amide bonds. The Morgan fingerprint density at radius 3 is 2.43 bits per heavy atom. The maximum atomic E-state index is 12.4. The topological polar surface area (TPSA) is 69.0 Å². The van der Waals surface area contributed by atoms with Crippen LogP contribution in [0.3, 0.4) is 0 Å². The second-order valence-corrected chi connectivity index (χ2v) is 7.00. The number of nitrogens with zero attached hydrogens (tertiary/aromatic N) is 3. The van der Waals surface area contributed by atoms with Crippen molar-refractivity contribution in [2.75, 3.05) is 11.9 Å². The van der Waals surface area contributed by atoms with E-state index in [1.165, 1.54) is 0 Å². The molecule has 0 bridgehead atoms. The van der Waals surface area contributed by atoms with Crippen LogP contribution in [0.1, 0.15) is 17.3 Å². The van der Waals surface area contributed by atoms with Gasteiger partial charge in [-0.15, -0.1) is 10.2 Å². The van der Waals surface area contributed by atoms with Gasteiger partial charge in [0.05, 0.1) is 12.3 Å². The van der Waals surface area contributed by atoms with Crippen LogP contribution >= 0.6 is 15.9 Å². The van der Waals surface area contributed by atoms with E-state index >= 15 is 0 Å². The minimum absolute atomic E-state index is 0.175. The minimum atomic E-state index is -0.175. The smallest absolute Gasteiger partial charge is 0.255 e. The minimum Gasteiger partial charge on any atom is -0.494 e. The Morgan fingerprint density at radius 1 is 1.00 bits per heavy atom. The molecule has 0 aliphatic carbocycles. The summed E-state index contributed by atoms with van der Waals surface area (Å²) in [4.78, 5) is 14.0. The molecular weight excluding hydrogens is 420 g/mol. The van der Waals surface area contributed by atoms with Gasteiger partial charge in [-0.05, 0) is 73.7 Å². The van der Waals surface area contributed by atoms with E-state index < -0.39 is 0 Å². The van der Waals surface area contributed by atoms with E-state index in [-0.39, 0.29) is 5.91 Å². The Kier molecular flexibility index (Phi) is 5.08. The van der Waals surface area contributed by atoms with Crippen LogP contribution in [0, 0.1) is 0 Å². The fraction of sp³-hybridized carbons (Fsp3) is 0.0952.